The third-order valence-corrected chi connectivity index (χ3v) is 2.65. The second-order valence-corrected chi connectivity index (χ2v) is 4.31. The third-order valence-electron chi connectivity index (χ3n) is 2.65. The van der Waals surface area contributed by atoms with E-state index in [0.717, 1.165) is 11.3 Å². The van der Waals surface area contributed by atoms with Gasteiger partial charge in [-0.25, -0.2) is 4.98 Å². The molecule has 0 saturated carbocycles. The molecule has 0 bridgehead atoms. The number of rotatable bonds is 3. The van der Waals surface area contributed by atoms with Crippen molar-refractivity contribution >= 4 is 5.82 Å². The Bertz CT molecular complexity index is 723. The molecule has 0 aliphatic heterocycles. The molecule has 100 valence electrons. The molecule has 3 N–H and O–H groups in total. The molecule has 0 amide bonds. The number of H-pyrrole nitrogens is 1. The summed E-state index contributed by atoms with van der Waals surface area (Å²) in [7, 11) is 0. The molecule has 0 fully saturated rings. The van der Waals surface area contributed by atoms with Crippen LogP contribution in [0.5, 0.6) is 11.8 Å². The summed E-state index contributed by atoms with van der Waals surface area (Å²) in [5.41, 5.74) is 7.58. The number of ether oxygens (including phenoxy) is 1. The lowest BCUT2D eigenvalue weighted by Crippen LogP contribution is -1.98. The van der Waals surface area contributed by atoms with Crippen LogP contribution in [0, 0.1) is 6.92 Å². The SMILES string of the molecule is Cc1cc(Oc2cc(N)nc(-c3ccccc3)n2)n[nH]1. The Morgan fingerprint density at radius 2 is 1.85 bits per heavy atom. The summed E-state index contributed by atoms with van der Waals surface area (Å²) in [6.07, 6.45) is 0. The highest BCUT2D eigenvalue weighted by molar-refractivity contribution is 5.57. The fourth-order valence-corrected chi connectivity index (χ4v) is 1.76. The summed E-state index contributed by atoms with van der Waals surface area (Å²) in [6, 6.07) is 12.9. The van der Waals surface area contributed by atoms with Gasteiger partial charge in [0.2, 0.25) is 11.8 Å². The molecule has 0 saturated heterocycles. The van der Waals surface area contributed by atoms with E-state index < -0.39 is 0 Å². The number of nitrogens with one attached hydrogen (secondary N) is 1. The van der Waals surface area contributed by atoms with Crippen molar-refractivity contribution in [1.29, 1.82) is 0 Å². The van der Waals surface area contributed by atoms with Gasteiger partial charge in [-0.15, -0.1) is 5.10 Å². The van der Waals surface area contributed by atoms with Gasteiger partial charge in [-0.1, -0.05) is 30.3 Å². The van der Waals surface area contributed by atoms with Gasteiger partial charge in [0.25, 0.3) is 0 Å². The molecule has 3 aromatic rings. The Hall–Kier alpha value is -2.89. The smallest absolute Gasteiger partial charge is 0.240 e. The molecule has 0 atom stereocenters. The standard InChI is InChI=1S/C14H13N5O/c1-9-7-13(19-18-9)20-12-8-11(15)16-14(17-12)10-5-3-2-4-6-10/h2-8H,1H3,(H,18,19)(H2,15,16,17). The number of nitrogens with two attached hydrogens (primary N) is 1. The fourth-order valence-electron chi connectivity index (χ4n) is 1.76. The number of nitrogens with zero attached hydrogens (tertiary/aromatic N) is 3. The number of nitrogen functional groups attached to an aromatic ring is 1. The van der Waals surface area contributed by atoms with Gasteiger partial charge in [-0.3, -0.25) is 5.10 Å². The maximum atomic E-state index is 5.80. The second-order valence-electron chi connectivity index (χ2n) is 4.31. The third kappa shape index (κ3) is 2.59. The van der Waals surface area contributed by atoms with Gasteiger partial charge < -0.3 is 10.5 Å². The van der Waals surface area contributed by atoms with E-state index in [9.17, 15) is 0 Å². The number of aromatic amines is 1. The van der Waals surface area contributed by atoms with E-state index in [1.54, 1.807) is 12.1 Å². The topological polar surface area (TPSA) is 89.7 Å². The van der Waals surface area contributed by atoms with E-state index in [1.807, 2.05) is 37.3 Å². The van der Waals surface area contributed by atoms with Gasteiger partial charge in [0.15, 0.2) is 5.82 Å². The monoisotopic (exact) mass is 267 g/mol. The van der Waals surface area contributed by atoms with Crippen molar-refractivity contribution in [2.24, 2.45) is 0 Å². The molecule has 0 unspecified atom stereocenters. The minimum absolute atomic E-state index is 0.348. The second kappa shape index (κ2) is 5.00. The van der Waals surface area contributed by atoms with Gasteiger partial charge in [0.05, 0.1) is 0 Å². The van der Waals surface area contributed by atoms with Crippen LogP contribution in [0.3, 0.4) is 0 Å². The summed E-state index contributed by atoms with van der Waals surface area (Å²) >= 11 is 0. The van der Waals surface area contributed by atoms with Crippen molar-refractivity contribution in [2.75, 3.05) is 5.73 Å². The van der Waals surface area contributed by atoms with Gasteiger partial charge in [0.1, 0.15) is 5.82 Å². The van der Waals surface area contributed by atoms with Crippen LogP contribution in [-0.2, 0) is 0 Å². The molecular formula is C14H13N5O. The Labute approximate surface area is 115 Å². The Morgan fingerprint density at radius 3 is 2.55 bits per heavy atom. The van der Waals surface area contributed by atoms with Crippen LogP contribution in [0.25, 0.3) is 11.4 Å². The average Bonchev–Trinajstić information content (AvgIpc) is 2.84. The molecule has 20 heavy (non-hydrogen) atoms. The fraction of sp³-hybridized carbons (Fsp3) is 0.0714. The Balaban J connectivity index is 1.94. The normalized spacial score (nSPS) is 10.4. The number of hydrogen-bond acceptors (Lipinski definition) is 5. The van der Waals surface area contributed by atoms with Crippen molar-refractivity contribution in [2.45, 2.75) is 6.92 Å². The van der Waals surface area contributed by atoms with Crippen LogP contribution in [0.1, 0.15) is 5.69 Å². The molecule has 1 aromatic carbocycles. The maximum Gasteiger partial charge on any atom is 0.240 e. The summed E-state index contributed by atoms with van der Waals surface area (Å²) in [4.78, 5) is 8.55. The first kappa shape index (κ1) is 12.2. The van der Waals surface area contributed by atoms with Crippen LogP contribution >= 0.6 is 0 Å². The zero-order valence-corrected chi connectivity index (χ0v) is 10.9. The molecule has 0 radical (unpaired) electrons. The van der Waals surface area contributed by atoms with Crippen LogP contribution in [0.4, 0.5) is 5.82 Å². The number of aryl methyl sites for hydroxylation is 1. The molecule has 0 aliphatic carbocycles. The predicted octanol–water partition coefficient (Wildman–Crippen LogP) is 2.55. The van der Waals surface area contributed by atoms with Crippen LogP contribution in [0.15, 0.2) is 42.5 Å². The van der Waals surface area contributed by atoms with E-state index in [-0.39, 0.29) is 0 Å². The number of benzene rings is 1. The quantitative estimate of drug-likeness (QED) is 0.761. The molecule has 0 spiro atoms. The number of hydrogen-bond donors (Lipinski definition) is 2. The summed E-state index contributed by atoms with van der Waals surface area (Å²) < 4.78 is 5.57. The van der Waals surface area contributed by atoms with E-state index >= 15 is 0 Å². The zero-order chi connectivity index (χ0) is 13.9. The van der Waals surface area contributed by atoms with Crippen LogP contribution in [0.2, 0.25) is 0 Å². The lowest BCUT2D eigenvalue weighted by molar-refractivity contribution is 0.443. The molecule has 2 aromatic heterocycles. The molecule has 6 nitrogen and oxygen atoms in total. The lowest BCUT2D eigenvalue weighted by Gasteiger charge is -2.05. The summed E-state index contributed by atoms with van der Waals surface area (Å²) in [5, 5.41) is 6.79. The van der Waals surface area contributed by atoms with Crippen LogP contribution in [-0.4, -0.2) is 20.2 Å². The van der Waals surface area contributed by atoms with Crippen LogP contribution < -0.4 is 10.5 Å². The minimum atomic E-state index is 0.348. The maximum absolute atomic E-state index is 5.80. The first-order valence-corrected chi connectivity index (χ1v) is 6.10. The molecule has 2 heterocycles. The Kier molecular flexibility index (Phi) is 3.04. The summed E-state index contributed by atoms with van der Waals surface area (Å²) in [6.45, 7) is 1.89. The molecule has 6 heteroatoms. The van der Waals surface area contributed by atoms with E-state index in [2.05, 4.69) is 20.2 Å². The minimum Gasteiger partial charge on any atom is -0.419 e. The largest absolute Gasteiger partial charge is 0.419 e. The first-order valence-electron chi connectivity index (χ1n) is 6.10. The highest BCUT2D eigenvalue weighted by atomic mass is 16.5. The van der Waals surface area contributed by atoms with Crippen molar-refractivity contribution in [1.82, 2.24) is 20.2 Å². The van der Waals surface area contributed by atoms with Crippen molar-refractivity contribution in [3.63, 3.8) is 0 Å². The average molecular weight is 267 g/mol. The van der Waals surface area contributed by atoms with Gasteiger partial charge in [-0.05, 0) is 6.92 Å². The van der Waals surface area contributed by atoms with Crippen molar-refractivity contribution in [3.05, 3.63) is 48.2 Å². The molecule has 3 rings (SSSR count). The Morgan fingerprint density at radius 1 is 1.05 bits per heavy atom. The van der Waals surface area contributed by atoms with E-state index in [4.69, 9.17) is 10.5 Å². The number of anilines is 1. The highest BCUT2D eigenvalue weighted by Gasteiger charge is 2.08. The molecular weight excluding hydrogens is 254 g/mol. The highest BCUT2D eigenvalue weighted by Crippen LogP contribution is 2.23. The van der Waals surface area contributed by atoms with Gasteiger partial charge in [-0.2, -0.15) is 4.98 Å². The van der Waals surface area contributed by atoms with Crippen molar-refractivity contribution in [3.8, 4) is 23.1 Å². The van der Waals surface area contributed by atoms with E-state index in [0.29, 0.717) is 23.4 Å². The number of aromatic nitrogens is 4. The molecule has 0 aliphatic rings. The summed E-state index contributed by atoms with van der Waals surface area (Å²) in [5.74, 6) is 1.68. The van der Waals surface area contributed by atoms with Crippen molar-refractivity contribution < 1.29 is 4.74 Å². The van der Waals surface area contributed by atoms with E-state index in [1.165, 1.54) is 0 Å². The first-order chi connectivity index (χ1) is 9.70. The zero-order valence-electron chi connectivity index (χ0n) is 10.9. The predicted molar refractivity (Wildman–Crippen MR) is 75.3 cm³/mol. The van der Waals surface area contributed by atoms with Gasteiger partial charge >= 0.3 is 0 Å². The van der Waals surface area contributed by atoms with Gasteiger partial charge in [0, 0.05) is 23.4 Å². The lowest BCUT2D eigenvalue weighted by atomic mass is 10.2.